The molecule has 41 heavy (non-hydrogen) atoms. The number of aryl methyl sites for hydroxylation is 1. The molecule has 1 aliphatic rings. The summed E-state index contributed by atoms with van der Waals surface area (Å²) in [6.07, 6.45) is 3.74. The van der Waals surface area contributed by atoms with Gasteiger partial charge in [0.2, 0.25) is 11.8 Å². The average molecular weight is 561 g/mol. The zero-order valence-corrected chi connectivity index (χ0v) is 23.3. The van der Waals surface area contributed by atoms with Crippen molar-refractivity contribution in [2.45, 2.75) is 26.4 Å². The van der Waals surface area contributed by atoms with Gasteiger partial charge in [-0.1, -0.05) is 30.3 Å². The fourth-order valence-corrected chi connectivity index (χ4v) is 4.61. The first-order chi connectivity index (χ1) is 19.9. The molecular weight excluding hydrogens is 524 g/mol. The Morgan fingerprint density at radius 1 is 0.976 bits per heavy atom. The van der Waals surface area contributed by atoms with E-state index < -0.39 is 4.92 Å². The van der Waals surface area contributed by atoms with E-state index in [-0.39, 0.29) is 30.6 Å². The van der Waals surface area contributed by atoms with Crippen LogP contribution in [0.4, 0.5) is 5.69 Å². The van der Waals surface area contributed by atoms with Crippen molar-refractivity contribution >= 4 is 23.6 Å². The number of carbonyl (C=O) groups is 2. The van der Waals surface area contributed by atoms with Crippen LogP contribution in [0.2, 0.25) is 0 Å². The van der Waals surface area contributed by atoms with E-state index in [1.807, 2.05) is 49.4 Å². The first kappa shape index (κ1) is 29.7. The number of non-ortho nitro benzene ring substituents is 1. The van der Waals surface area contributed by atoms with Gasteiger partial charge in [-0.25, -0.2) is 0 Å². The second-order valence-electron chi connectivity index (χ2n) is 10.00. The Bertz CT molecular complexity index is 1320. The lowest BCUT2D eigenvalue weighted by molar-refractivity contribution is -0.384. The van der Waals surface area contributed by atoms with Gasteiger partial charge in [-0.3, -0.25) is 24.6 Å². The number of nitro groups is 1. The predicted octanol–water partition coefficient (Wildman–Crippen LogP) is 4.29. The van der Waals surface area contributed by atoms with E-state index >= 15 is 0 Å². The Labute approximate surface area is 239 Å². The minimum Gasteiger partial charge on any atom is -0.464 e. The van der Waals surface area contributed by atoms with Crippen LogP contribution in [0.15, 0.2) is 77.2 Å². The monoisotopic (exact) mass is 560 g/mol. The number of morpholine rings is 1. The molecule has 0 N–H and O–H groups in total. The van der Waals surface area contributed by atoms with E-state index in [4.69, 9.17) is 9.15 Å². The van der Waals surface area contributed by atoms with Crippen LogP contribution >= 0.6 is 0 Å². The lowest BCUT2D eigenvalue weighted by Crippen LogP contribution is -2.43. The van der Waals surface area contributed by atoms with Gasteiger partial charge in [-0.05, 0) is 54.8 Å². The highest BCUT2D eigenvalue weighted by atomic mass is 16.6. The topological polar surface area (TPSA) is 109 Å². The number of hydrogen-bond donors (Lipinski definition) is 0. The van der Waals surface area contributed by atoms with Crippen LogP contribution < -0.4 is 0 Å². The van der Waals surface area contributed by atoms with E-state index in [1.54, 1.807) is 28.0 Å². The summed E-state index contributed by atoms with van der Waals surface area (Å²) < 4.78 is 11.2. The number of rotatable bonds is 13. The quantitative estimate of drug-likeness (QED) is 0.174. The smallest absolute Gasteiger partial charge is 0.269 e. The van der Waals surface area contributed by atoms with Crippen LogP contribution in [0, 0.1) is 17.0 Å². The molecule has 2 heterocycles. The van der Waals surface area contributed by atoms with Crippen molar-refractivity contribution in [3.05, 3.63) is 106 Å². The Morgan fingerprint density at radius 2 is 1.71 bits per heavy atom. The van der Waals surface area contributed by atoms with Gasteiger partial charge in [-0.15, -0.1) is 0 Å². The molecule has 4 rings (SSSR count). The van der Waals surface area contributed by atoms with Gasteiger partial charge < -0.3 is 19.0 Å². The fourth-order valence-electron chi connectivity index (χ4n) is 4.61. The number of furan rings is 1. The van der Waals surface area contributed by atoms with Gasteiger partial charge >= 0.3 is 0 Å². The van der Waals surface area contributed by atoms with Crippen LogP contribution in [-0.2, 0) is 27.4 Å². The maximum absolute atomic E-state index is 13.7. The molecule has 1 saturated heterocycles. The zero-order chi connectivity index (χ0) is 29.0. The highest BCUT2D eigenvalue weighted by molar-refractivity contribution is 5.94. The molecule has 1 aliphatic heterocycles. The van der Waals surface area contributed by atoms with Gasteiger partial charge in [0.15, 0.2) is 0 Å². The summed E-state index contributed by atoms with van der Waals surface area (Å²) in [7, 11) is 0. The molecule has 1 fully saturated rings. The number of benzene rings is 2. The summed E-state index contributed by atoms with van der Waals surface area (Å²) in [6.45, 7) is 6.74. The normalized spacial score (nSPS) is 13.8. The molecule has 1 aromatic heterocycles. The molecule has 0 radical (unpaired) electrons. The fraction of sp³-hybridized carbons (Fsp3) is 0.355. The number of hydrogen-bond acceptors (Lipinski definition) is 7. The molecule has 0 saturated carbocycles. The Balaban J connectivity index is 1.48. The van der Waals surface area contributed by atoms with Crippen molar-refractivity contribution in [3.63, 3.8) is 0 Å². The van der Waals surface area contributed by atoms with Crippen LogP contribution in [0.25, 0.3) is 6.08 Å². The number of nitro benzene ring substituents is 1. The summed E-state index contributed by atoms with van der Waals surface area (Å²) >= 11 is 0. The number of carbonyl (C=O) groups excluding carboxylic acids is 2. The lowest BCUT2D eigenvalue weighted by Gasteiger charge is -2.29. The number of nitrogens with zero attached hydrogens (tertiary/aromatic N) is 4. The van der Waals surface area contributed by atoms with Crippen molar-refractivity contribution in [1.29, 1.82) is 0 Å². The molecule has 2 amide bonds. The van der Waals surface area contributed by atoms with Crippen molar-refractivity contribution < 1.29 is 23.7 Å². The van der Waals surface area contributed by atoms with Crippen molar-refractivity contribution in [2.24, 2.45) is 0 Å². The highest BCUT2D eigenvalue weighted by Gasteiger charge is 2.22. The van der Waals surface area contributed by atoms with E-state index in [0.29, 0.717) is 44.0 Å². The molecule has 0 spiro atoms. The Kier molecular flexibility index (Phi) is 10.8. The van der Waals surface area contributed by atoms with Crippen LogP contribution in [0.1, 0.15) is 29.1 Å². The predicted molar refractivity (Wildman–Crippen MR) is 155 cm³/mol. The van der Waals surface area contributed by atoms with Gasteiger partial charge in [-0.2, -0.15) is 0 Å². The molecule has 0 unspecified atom stereocenters. The SMILES string of the molecule is Cc1ccc(CN(Cc2ccccc2)C(=O)CN(CCCN2CCOCC2)C(=O)C=Cc2ccc([N+](=O)[O-])cc2)o1. The summed E-state index contributed by atoms with van der Waals surface area (Å²) in [5, 5.41) is 10.9. The maximum Gasteiger partial charge on any atom is 0.269 e. The molecule has 3 aromatic rings. The first-order valence-corrected chi connectivity index (χ1v) is 13.8. The third-order valence-corrected chi connectivity index (χ3v) is 6.88. The molecule has 0 atom stereocenters. The first-order valence-electron chi connectivity index (χ1n) is 13.8. The maximum atomic E-state index is 13.7. The standard InChI is InChI=1S/C31H36N4O6/c1-25-8-14-29(41-25)23-34(22-27-6-3-2-4-7-27)31(37)24-33(17-5-16-32-18-20-40-21-19-32)30(36)15-11-26-9-12-28(13-10-26)35(38)39/h2-4,6-15H,5,16-24H2,1H3. The second kappa shape index (κ2) is 14.9. The zero-order valence-electron chi connectivity index (χ0n) is 23.3. The summed E-state index contributed by atoms with van der Waals surface area (Å²) in [5.74, 6) is 0.956. The molecular formula is C31H36N4O6. The van der Waals surface area contributed by atoms with E-state index in [2.05, 4.69) is 4.90 Å². The van der Waals surface area contributed by atoms with Crippen LogP contribution in [-0.4, -0.2) is 77.4 Å². The molecule has 0 bridgehead atoms. The summed E-state index contributed by atoms with van der Waals surface area (Å²) in [5.41, 5.74) is 1.61. The van der Waals surface area contributed by atoms with Gasteiger partial charge in [0.1, 0.15) is 18.1 Å². The summed E-state index contributed by atoms with van der Waals surface area (Å²) in [6, 6.07) is 19.4. The molecule has 10 heteroatoms. The molecule has 10 nitrogen and oxygen atoms in total. The molecule has 2 aromatic carbocycles. The Hall–Kier alpha value is -4.28. The highest BCUT2D eigenvalue weighted by Crippen LogP contribution is 2.15. The third-order valence-electron chi connectivity index (χ3n) is 6.88. The third kappa shape index (κ3) is 9.40. The van der Waals surface area contributed by atoms with Gasteiger partial charge in [0, 0.05) is 50.9 Å². The van der Waals surface area contributed by atoms with E-state index in [9.17, 15) is 19.7 Å². The largest absolute Gasteiger partial charge is 0.464 e. The Morgan fingerprint density at radius 3 is 2.37 bits per heavy atom. The average Bonchev–Trinajstić information content (AvgIpc) is 3.40. The van der Waals surface area contributed by atoms with Crippen molar-refractivity contribution in [1.82, 2.24) is 14.7 Å². The summed E-state index contributed by atoms with van der Waals surface area (Å²) in [4.78, 5) is 43.1. The van der Waals surface area contributed by atoms with Crippen molar-refractivity contribution in [2.75, 3.05) is 45.9 Å². The second-order valence-corrected chi connectivity index (χ2v) is 10.00. The molecule has 0 aliphatic carbocycles. The van der Waals surface area contributed by atoms with E-state index in [1.165, 1.54) is 18.2 Å². The van der Waals surface area contributed by atoms with Crippen molar-refractivity contribution in [3.8, 4) is 0 Å². The minimum atomic E-state index is -0.467. The molecule has 216 valence electrons. The number of amides is 2. The van der Waals surface area contributed by atoms with Gasteiger partial charge in [0.05, 0.1) is 24.7 Å². The van der Waals surface area contributed by atoms with Gasteiger partial charge in [0.25, 0.3) is 5.69 Å². The van der Waals surface area contributed by atoms with Crippen LogP contribution in [0.3, 0.4) is 0 Å². The minimum absolute atomic E-state index is 0.0194. The van der Waals surface area contributed by atoms with Crippen LogP contribution in [0.5, 0.6) is 0 Å². The van der Waals surface area contributed by atoms with E-state index in [0.717, 1.165) is 31.0 Å². The number of ether oxygens (including phenoxy) is 1. The lowest BCUT2D eigenvalue weighted by atomic mass is 10.2.